The second-order valence-electron chi connectivity index (χ2n) is 10.6. The fourth-order valence-electron chi connectivity index (χ4n) is 3.82. The van der Waals surface area contributed by atoms with E-state index < -0.39 is 6.04 Å². The molecule has 0 saturated heterocycles. The van der Waals surface area contributed by atoms with Crippen molar-refractivity contribution < 1.29 is 9.59 Å². The van der Waals surface area contributed by atoms with Crippen LogP contribution in [0.3, 0.4) is 0 Å². The number of rotatable bonds is 10. The van der Waals surface area contributed by atoms with Crippen LogP contribution in [0, 0.1) is 0 Å². The third-order valence-corrected chi connectivity index (χ3v) is 6.10. The highest BCUT2D eigenvalue weighted by Crippen LogP contribution is 2.24. The SMILES string of the molecule is CN(C)CCNC(C(=O)Nc1ccc(C(C)(C)C)cc1)c1ccc(C=CC(=O)Nc2ccccc2N)cc1. The lowest BCUT2D eigenvalue weighted by atomic mass is 9.87. The highest BCUT2D eigenvalue weighted by atomic mass is 16.2. The summed E-state index contributed by atoms with van der Waals surface area (Å²) in [5, 5.41) is 9.20. The van der Waals surface area contributed by atoms with E-state index in [-0.39, 0.29) is 17.2 Å². The van der Waals surface area contributed by atoms with Gasteiger partial charge in [0, 0.05) is 24.9 Å². The van der Waals surface area contributed by atoms with Gasteiger partial charge >= 0.3 is 0 Å². The zero-order valence-electron chi connectivity index (χ0n) is 22.9. The van der Waals surface area contributed by atoms with Crippen molar-refractivity contribution in [2.75, 3.05) is 43.6 Å². The number of nitrogen functional groups attached to an aromatic ring is 1. The molecule has 0 aliphatic rings. The fraction of sp³-hybridized carbons (Fsp3) is 0.290. The lowest BCUT2D eigenvalue weighted by Gasteiger charge is -2.22. The van der Waals surface area contributed by atoms with Crippen molar-refractivity contribution in [3.63, 3.8) is 0 Å². The van der Waals surface area contributed by atoms with E-state index >= 15 is 0 Å². The van der Waals surface area contributed by atoms with Gasteiger partial charge in [0.2, 0.25) is 11.8 Å². The smallest absolute Gasteiger partial charge is 0.248 e. The molecule has 7 nitrogen and oxygen atoms in total. The van der Waals surface area contributed by atoms with Crippen LogP contribution in [0.5, 0.6) is 0 Å². The Morgan fingerprint density at radius 2 is 1.58 bits per heavy atom. The molecule has 0 saturated carbocycles. The number of hydrogen-bond donors (Lipinski definition) is 4. The van der Waals surface area contributed by atoms with Gasteiger partial charge in [0.1, 0.15) is 6.04 Å². The lowest BCUT2D eigenvalue weighted by molar-refractivity contribution is -0.118. The summed E-state index contributed by atoms with van der Waals surface area (Å²) in [7, 11) is 3.99. The first-order valence-corrected chi connectivity index (χ1v) is 12.8. The van der Waals surface area contributed by atoms with Crippen LogP contribution in [0.15, 0.2) is 78.9 Å². The van der Waals surface area contributed by atoms with Gasteiger partial charge in [0.15, 0.2) is 0 Å². The minimum Gasteiger partial charge on any atom is -0.397 e. The molecule has 0 aliphatic carbocycles. The molecule has 2 amide bonds. The normalized spacial score (nSPS) is 12.5. The van der Waals surface area contributed by atoms with Crippen LogP contribution in [0.2, 0.25) is 0 Å². The molecule has 0 fully saturated rings. The summed E-state index contributed by atoms with van der Waals surface area (Å²) in [6.07, 6.45) is 3.19. The Labute approximate surface area is 226 Å². The average Bonchev–Trinajstić information content (AvgIpc) is 2.87. The molecule has 0 radical (unpaired) electrons. The number of nitrogens with two attached hydrogens (primary N) is 1. The summed E-state index contributed by atoms with van der Waals surface area (Å²) in [4.78, 5) is 27.7. The van der Waals surface area contributed by atoms with Gasteiger partial charge in [-0.25, -0.2) is 0 Å². The molecule has 0 heterocycles. The van der Waals surface area contributed by atoms with Gasteiger partial charge in [-0.2, -0.15) is 0 Å². The largest absolute Gasteiger partial charge is 0.397 e. The quantitative estimate of drug-likeness (QED) is 0.225. The van der Waals surface area contributed by atoms with Crippen LogP contribution < -0.4 is 21.7 Å². The molecule has 3 aromatic rings. The van der Waals surface area contributed by atoms with E-state index in [4.69, 9.17) is 5.73 Å². The highest BCUT2D eigenvalue weighted by molar-refractivity contribution is 6.03. The molecule has 0 aromatic heterocycles. The third kappa shape index (κ3) is 8.57. The molecule has 3 aromatic carbocycles. The van der Waals surface area contributed by atoms with Crippen LogP contribution in [0.1, 0.15) is 43.5 Å². The number of benzene rings is 3. The van der Waals surface area contributed by atoms with Crippen molar-refractivity contribution in [2.24, 2.45) is 0 Å². The monoisotopic (exact) mass is 513 g/mol. The molecule has 0 aliphatic heterocycles. The maximum Gasteiger partial charge on any atom is 0.248 e. The first-order valence-electron chi connectivity index (χ1n) is 12.8. The number of carbonyl (C=O) groups is 2. The number of nitrogens with zero attached hydrogens (tertiary/aromatic N) is 1. The summed E-state index contributed by atoms with van der Waals surface area (Å²) in [6.45, 7) is 7.94. The number of amides is 2. The topological polar surface area (TPSA) is 99.5 Å². The predicted octanol–water partition coefficient (Wildman–Crippen LogP) is 5.05. The van der Waals surface area contributed by atoms with E-state index in [9.17, 15) is 9.59 Å². The van der Waals surface area contributed by atoms with Crippen LogP contribution in [-0.4, -0.2) is 43.9 Å². The van der Waals surface area contributed by atoms with Crippen molar-refractivity contribution in [1.82, 2.24) is 10.2 Å². The van der Waals surface area contributed by atoms with Gasteiger partial charge in [-0.15, -0.1) is 0 Å². The molecule has 1 unspecified atom stereocenters. The first-order chi connectivity index (χ1) is 18.0. The molecular formula is C31H39N5O2. The Kier molecular flexibility index (Phi) is 9.82. The Bertz CT molecular complexity index is 1240. The Morgan fingerprint density at radius 3 is 2.18 bits per heavy atom. The van der Waals surface area contributed by atoms with Gasteiger partial charge < -0.3 is 26.6 Å². The maximum atomic E-state index is 13.3. The first kappa shape index (κ1) is 28.6. The van der Waals surface area contributed by atoms with Crippen LogP contribution in [0.25, 0.3) is 6.08 Å². The number of carbonyl (C=O) groups excluding carboxylic acids is 2. The number of para-hydroxylation sites is 2. The molecule has 7 heteroatoms. The summed E-state index contributed by atoms with van der Waals surface area (Å²) in [5.74, 6) is -0.401. The van der Waals surface area contributed by atoms with Crippen molar-refractivity contribution in [2.45, 2.75) is 32.2 Å². The third-order valence-electron chi connectivity index (χ3n) is 6.10. The number of likely N-dealkylation sites (N-methyl/N-ethyl adjacent to an activating group) is 1. The Hall–Kier alpha value is -3.94. The van der Waals surface area contributed by atoms with E-state index in [1.54, 1.807) is 18.2 Å². The maximum absolute atomic E-state index is 13.3. The van der Waals surface area contributed by atoms with Crippen LogP contribution in [-0.2, 0) is 15.0 Å². The van der Waals surface area contributed by atoms with Gasteiger partial charge in [-0.3, -0.25) is 9.59 Å². The minimum atomic E-state index is -0.528. The molecule has 1 atom stereocenters. The zero-order valence-corrected chi connectivity index (χ0v) is 22.9. The van der Waals surface area contributed by atoms with Crippen molar-refractivity contribution in [3.8, 4) is 0 Å². The standard InChI is InChI=1S/C31H39N5O2/c1-31(2,3)24-15-17-25(18-16-24)34-30(38)29(33-20-21-36(4)5)23-13-10-22(11-14-23)12-19-28(37)35-27-9-7-6-8-26(27)32/h6-19,29,33H,20-21,32H2,1-5H3,(H,34,38)(H,35,37). The Morgan fingerprint density at radius 1 is 0.921 bits per heavy atom. The molecule has 200 valence electrons. The van der Waals surface area contributed by atoms with Gasteiger partial charge in [-0.05, 0) is 66.5 Å². The highest BCUT2D eigenvalue weighted by Gasteiger charge is 2.21. The predicted molar refractivity (Wildman–Crippen MR) is 158 cm³/mol. The van der Waals surface area contributed by atoms with E-state index in [0.29, 0.717) is 17.9 Å². The molecule has 38 heavy (non-hydrogen) atoms. The second kappa shape index (κ2) is 13.0. The van der Waals surface area contributed by atoms with Gasteiger partial charge in [0.25, 0.3) is 0 Å². The molecule has 0 spiro atoms. The summed E-state index contributed by atoms with van der Waals surface area (Å²) in [5.41, 5.74) is 10.7. The fourth-order valence-corrected chi connectivity index (χ4v) is 3.82. The minimum absolute atomic E-state index is 0.0462. The van der Waals surface area contributed by atoms with E-state index in [1.807, 2.05) is 74.8 Å². The van der Waals surface area contributed by atoms with Crippen molar-refractivity contribution >= 4 is 35.0 Å². The zero-order chi connectivity index (χ0) is 27.7. The van der Waals surface area contributed by atoms with E-state index in [0.717, 1.165) is 23.4 Å². The van der Waals surface area contributed by atoms with E-state index in [1.165, 1.54) is 11.6 Å². The molecule has 0 bridgehead atoms. The van der Waals surface area contributed by atoms with Crippen molar-refractivity contribution in [1.29, 1.82) is 0 Å². The van der Waals surface area contributed by atoms with Gasteiger partial charge in [-0.1, -0.05) is 69.3 Å². The molecule has 3 rings (SSSR count). The molecule has 5 N–H and O–H groups in total. The number of nitrogens with one attached hydrogen (secondary N) is 3. The molecular weight excluding hydrogens is 474 g/mol. The summed E-state index contributed by atoms with van der Waals surface area (Å²) in [6, 6.07) is 22.2. The summed E-state index contributed by atoms with van der Waals surface area (Å²) >= 11 is 0. The van der Waals surface area contributed by atoms with E-state index in [2.05, 4.69) is 41.6 Å². The van der Waals surface area contributed by atoms with Gasteiger partial charge in [0.05, 0.1) is 11.4 Å². The van der Waals surface area contributed by atoms with Crippen LogP contribution in [0.4, 0.5) is 17.1 Å². The Balaban J connectivity index is 1.70. The number of anilines is 3. The lowest BCUT2D eigenvalue weighted by Crippen LogP contribution is -2.36. The summed E-state index contributed by atoms with van der Waals surface area (Å²) < 4.78 is 0. The average molecular weight is 514 g/mol. The van der Waals surface area contributed by atoms with Crippen molar-refractivity contribution in [3.05, 3.63) is 95.6 Å². The second-order valence-corrected chi connectivity index (χ2v) is 10.6. The van der Waals surface area contributed by atoms with Crippen LogP contribution >= 0.6 is 0 Å². The number of hydrogen-bond acceptors (Lipinski definition) is 5.